The van der Waals surface area contributed by atoms with Gasteiger partial charge in [-0.1, -0.05) is 31.9 Å². The van der Waals surface area contributed by atoms with Gasteiger partial charge in [-0.25, -0.2) is 27.3 Å². The van der Waals surface area contributed by atoms with E-state index in [0.717, 1.165) is 32.9 Å². The lowest BCUT2D eigenvalue weighted by atomic mass is 10.0. The minimum atomic E-state index is -1.37. The number of halogens is 4. The van der Waals surface area contributed by atoms with E-state index in [1.165, 1.54) is 6.20 Å². The van der Waals surface area contributed by atoms with Crippen LogP contribution in [-0.2, 0) is 26.6 Å². The molecule has 0 saturated heterocycles. The van der Waals surface area contributed by atoms with Gasteiger partial charge in [-0.15, -0.1) is 0 Å². The Kier molecular flexibility index (Phi) is 7.96. The third-order valence-corrected chi connectivity index (χ3v) is 7.86. The normalized spacial score (nSPS) is 11.6. The van der Waals surface area contributed by atoms with Gasteiger partial charge < -0.3 is 9.88 Å². The quantitative estimate of drug-likeness (QED) is 0.200. The molecular formula is C31H28ClF3N8O2. The number of aryl methyl sites for hydroxylation is 3. The Balaban J connectivity index is 1.61. The number of nitrogens with zero attached hydrogens (tertiary/aromatic N) is 7. The number of nitrogens with one attached hydrogen (secondary N) is 1. The maximum Gasteiger partial charge on any atom is 0.359 e. The summed E-state index contributed by atoms with van der Waals surface area (Å²) in [5.74, 6) is -4.01. The fraction of sp³-hybridized carbons (Fsp3) is 0.258. The minimum absolute atomic E-state index is 0.168. The average molecular weight is 637 g/mol. The first-order valence-corrected chi connectivity index (χ1v) is 14.7. The molecule has 2 aromatic carbocycles. The van der Waals surface area contributed by atoms with E-state index in [2.05, 4.69) is 20.4 Å². The summed E-state index contributed by atoms with van der Waals surface area (Å²) >= 11 is 6.71. The van der Waals surface area contributed by atoms with Crippen LogP contribution in [0.2, 0.25) is 5.02 Å². The number of anilines is 2. The molecule has 0 saturated carbocycles. The van der Waals surface area contributed by atoms with E-state index in [1.807, 2.05) is 36.9 Å². The van der Waals surface area contributed by atoms with E-state index in [-0.39, 0.29) is 22.2 Å². The number of hydrogen-bond donors (Lipinski definition) is 1. The van der Waals surface area contributed by atoms with Crippen LogP contribution in [0.3, 0.4) is 0 Å². The number of pyridine rings is 1. The molecule has 0 aliphatic heterocycles. The maximum atomic E-state index is 14.9. The lowest BCUT2D eigenvalue weighted by Crippen LogP contribution is -2.42. The monoisotopic (exact) mass is 636 g/mol. The topological polar surface area (TPSA) is 105 Å². The van der Waals surface area contributed by atoms with Gasteiger partial charge in [-0.2, -0.15) is 10.1 Å². The van der Waals surface area contributed by atoms with Crippen molar-refractivity contribution >= 4 is 45.0 Å². The van der Waals surface area contributed by atoms with Crippen LogP contribution in [0, 0.1) is 17.5 Å². The molecule has 6 aromatic rings. The zero-order valence-corrected chi connectivity index (χ0v) is 25.4. The average Bonchev–Trinajstić information content (AvgIpc) is 3.58. The van der Waals surface area contributed by atoms with E-state index >= 15 is 0 Å². The Bertz CT molecular complexity index is 2220. The van der Waals surface area contributed by atoms with Crippen molar-refractivity contribution in [3.05, 3.63) is 104 Å². The molecule has 0 bridgehead atoms. The molecule has 10 nitrogen and oxygen atoms in total. The van der Waals surface area contributed by atoms with Crippen molar-refractivity contribution in [3.8, 4) is 5.69 Å². The van der Waals surface area contributed by atoms with Gasteiger partial charge in [0.25, 0.3) is 0 Å². The van der Waals surface area contributed by atoms with Crippen LogP contribution >= 0.6 is 11.6 Å². The SMILES string of the molecule is CCCc1c(Nc2nc(=O)n(-c3cncc4ccn(CCC)c34)c(=O)n2Cc2cc(F)c(F)cc2F)c(Cl)cc2nn(C)cc12. The van der Waals surface area contributed by atoms with E-state index in [9.17, 15) is 22.8 Å². The van der Waals surface area contributed by atoms with Crippen LogP contribution < -0.4 is 16.7 Å². The molecular weight excluding hydrogens is 609 g/mol. The molecule has 4 heterocycles. The molecule has 0 unspecified atom stereocenters. The van der Waals surface area contributed by atoms with Crippen LogP contribution in [0.15, 0.2) is 58.6 Å². The number of benzene rings is 2. The number of rotatable bonds is 9. The van der Waals surface area contributed by atoms with Gasteiger partial charge in [0.05, 0.1) is 40.2 Å². The molecule has 1 N–H and O–H groups in total. The molecule has 0 aliphatic rings. The Morgan fingerprint density at radius 3 is 2.53 bits per heavy atom. The summed E-state index contributed by atoms with van der Waals surface area (Å²) in [6.07, 6.45) is 8.72. The zero-order valence-electron chi connectivity index (χ0n) is 24.6. The molecule has 0 spiro atoms. The van der Waals surface area contributed by atoms with Gasteiger partial charge in [0.1, 0.15) is 5.82 Å². The summed E-state index contributed by atoms with van der Waals surface area (Å²) in [5.41, 5.74) is 0.368. The first kappa shape index (κ1) is 30.1. The fourth-order valence-electron chi connectivity index (χ4n) is 5.59. The van der Waals surface area contributed by atoms with Crippen LogP contribution in [0.1, 0.15) is 37.8 Å². The van der Waals surface area contributed by atoms with Gasteiger partial charge in [0.2, 0.25) is 5.95 Å². The van der Waals surface area contributed by atoms with E-state index in [0.29, 0.717) is 47.2 Å². The molecule has 0 amide bonds. The first-order chi connectivity index (χ1) is 21.6. The van der Waals surface area contributed by atoms with Gasteiger partial charge in [0.15, 0.2) is 11.6 Å². The second-order valence-corrected chi connectivity index (χ2v) is 11.1. The summed E-state index contributed by atoms with van der Waals surface area (Å²) < 4.78 is 48.4. The highest BCUT2D eigenvalue weighted by Crippen LogP contribution is 2.36. The predicted octanol–water partition coefficient (Wildman–Crippen LogP) is 5.86. The molecule has 232 valence electrons. The van der Waals surface area contributed by atoms with Crippen LogP contribution in [0.5, 0.6) is 0 Å². The highest BCUT2D eigenvalue weighted by atomic mass is 35.5. The van der Waals surface area contributed by atoms with Gasteiger partial charge >= 0.3 is 11.4 Å². The second-order valence-electron chi connectivity index (χ2n) is 10.7. The molecule has 14 heteroatoms. The van der Waals surface area contributed by atoms with Crippen molar-refractivity contribution in [2.24, 2.45) is 7.05 Å². The minimum Gasteiger partial charge on any atom is -0.346 e. The molecule has 45 heavy (non-hydrogen) atoms. The highest BCUT2D eigenvalue weighted by molar-refractivity contribution is 6.34. The smallest absolute Gasteiger partial charge is 0.346 e. The summed E-state index contributed by atoms with van der Waals surface area (Å²) in [6, 6.07) is 4.53. The van der Waals surface area contributed by atoms with Crippen molar-refractivity contribution in [1.82, 2.24) is 33.4 Å². The summed E-state index contributed by atoms with van der Waals surface area (Å²) in [5, 5.41) is 9.22. The highest BCUT2D eigenvalue weighted by Gasteiger charge is 2.23. The molecule has 0 fully saturated rings. The number of aromatic nitrogens is 7. The third kappa shape index (κ3) is 5.37. The van der Waals surface area contributed by atoms with Crippen molar-refractivity contribution in [3.63, 3.8) is 0 Å². The molecule has 6 rings (SSSR count). The Hall–Kier alpha value is -4.91. The Labute approximate surface area is 259 Å². The standard InChI is InChI=1S/C31H28ClF3N8O2/c1-4-6-19-20-16-40(3)39-25(20)11-21(32)27(19)37-29-38-30(44)43(26-14-36-13-17-7-9-41(8-5-2)28(17)26)31(45)42(29)15-18-10-23(34)24(35)12-22(18)33/h7,9-14,16H,4-6,8,15H2,1-3H3,(H,37,38,44). The van der Waals surface area contributed by atoms with Crippen molar-refractivity contribution in [1.29, 1.82) is 0 Å². The molecule has 0 atom stereocenters. The largest absolute Gasteiger partial charge is 0.359 e. The Morgan fingerprint density at radius 1 is 1.00 bits per heavy atom. The van der Waals surface area contributed by atoms with Crippen LogP contribution in [0.4, 0.5) is 24.8 Å². The summed E-state index contributed by atoms with van der Waals surface area (Å²) in [7, 11) is 1.78. The van der Waals surface area contributed by atoms with Crippen molar-refractivity contribution < 1.29 is 13.2 Å². The molecule has 0 radical (unpaired) electrons. The molecule has 4 aromatic heterocycles. The summed E-state index contributed by atoms with van der Waals surface area (Å²) in [6.45, 7) is 3.99. The first-order valence-electron chi connectivity index (χ1n) is 14.3. The Morgan fingerprint density at radius 2 is 1.78 bits per heavy atom. The predicted molar refractivity (Wildman–Crippen MR) is 166 cm³/mol. The number of fused-ring (bicyclic) bond motifs is 2. The van der Waals surface area contributed by atoms with Crippen LogP contribution in [-0.4, -0.2) is 33.4 Å². The van der Waals surface area contributed by atoms with E-state index in [1.54, 1.807) is 24.0 Å². The van der Waals surface area contributed by atoms with Crippen molar-refractivity contribution in [2.75, 3.05) is 5.32 Å². The van der Waals surface area contributed by atoms with Gasteiger partial charge in [0, 0.05) is 54.6 Å². The van der Waals surface area contributed by atoms with E-state index < -0.39 is 35.4 Å². The summed E-state index contributed by atoms with van der Waals surface area (Å²) in [4.78, 5) is 36.4. The second kappa shape index (κ2) is 11.9. The zero-order chi connectivity index (χ0) is 32.0. The lowest BCUT2D eigenvalue weighted by molar-refractivity contribution is 0.487. The number of hydrogen-bond acceptors (Lipinski definition) is 6. The fourth-order valence-corrected chi connectivity index (χ4v) is 5.86. The third-order valence-electron chi connectivity index (χ3n) is 7.56. The van der Waals surface area contributed by atoms with Gasteiger partial charge in [-0.3, -0.25) is 14.2 Å². The molecule has 0 aliphatic carbocycles. The van der Waals surface area contributed by atoms with E-state index in [4.69, 9.17) is 11.6 Å². The van der Waals surface area contributed by atoms with Gasteiger partial charge in [-0.05, 0) is 36.6 Å². The van der Waals surface area contributed by atoms with Crippen molar-refractivity contribution in [2.45, 2.75) is 46.2 Å². The van der Waals surface area contributed by atoms with Crippen LogP contribution in [0.25, 0.3) is 27.5 Å². The lowest BCUT2D eigenvalue weighted by Gasteiger charge is -2.19. The maximum absolute atomic E-state index is 14.9.